The molecule has 2 N–H and O–H groups in total. The van der Waals surface area contributed by atoms with E-state index in [0.717, 1.165) is 12.0 Å². The van der Waals surface area contributed by atoms with Crippen LogP contribution < -0.4 is 10.6 Å². The molecule has 2 amide bonds. The molecule has 0 radical (unpaired) electrons. The van der Waals surface area contributed by atoms with Crippen molar-refractivity contribution < 1.29 is 4.79 Å². The van der Waals surface area contributed by atoms with Crippen LogP contribution in [0, 0.1) is 0 Å². The summed E-state index contributed by atoms with van der Waals surface area (Å²) >= 11 is 17.9. The summed E-state index contributed by atoms with van der Waals surface area (Å²) in [6.45, 7) is 1.99. The highest BCUT2D eigenvalue weighted by molar-refractivity contribution is 6.43. The molecule has 0 aliphatic heterocycles. The van der Waals surface area contributed by atoms with Gasteiger partial charge in [-0.3, -0.25) is 0 Å². The molecule has 0 spiro atoms. The Bertz CT molecular complexity index is 659. The monoisotopic (exact) mass is 356 g/mol. The van der Waals surface area contributed by atoms with Crippen LogP contribution >= 0.6 is 34.8 Å². The standard InChI is InChI=1S/C16H15Cl3N2O/c1-2-13(10-6-8-11(17)9-7-10)20-16(22)21-14-5-3-4-12(18)15(14)19/h3-9,13H,2H2,1H3,(H2,20,21,22). The number of amides is 2. The molecule has 0 saturated heterocycles. The van der Waals surface area contributed by atoms with Gasteiger partial charge in [-0.1, -0.05) is 59.9 Å². The van der Waals surface area contributed by atoms with Crippen LogP contribution in [-0.2, 0) is 0 Å². The molecule has 0 aliphatic rings. The molecule has 2 rings (SSSR count). The summed E-state index contributed by atoms with van der Waals surface area (Å²) in [5, 5.41) is 6.98. The average molecular weight is 358 g/mol. The second-order valence-electron chi connectivity index (χ2n) is 4.71. The third-order valence-electron chi connectivity index (χ3n) is 3.19. The van der Waals surface area contributed by atoms with E-state index in [9.17, 15) is 4.79 Å². The van der Waals surface area contributed by atoms with Crippen LogP contribution in [0.2, 0.25) is 15.1 Å². The predicted octanol–water partition coefficient (Wildman–Crippen LogP) is 5.92. The minimum absolute atomic E-state index is 0.116. The number of hydrogen-bond acceptors (Lipinski definition) is 1. The number of rotatable bonds is 4. The first-order valence-corrected chi connectivity index (χ1v) is 7.91. The molecule has 2 aromatic carbocycles. The van der Waals surface area contributed by atoms with Crippen molar-refractivity contribution in [2.24, 2.45) is 0 Å². The number of benzene rings is 2. The highest BCUT2D eigenvalue weighted by atomic mass is 35.5. The van der Waals surface area contributed by atoms with E-state index in [1.54, 1.807) is 30.3 Å². The summed E-state index contributed by atoms with van der Waals surface area (Å²) in [6.07, 6.45) is 0.748. The van der Waals surface area contributed by atoms with Crippen molar-refractivity contribution in [2.45, 2.75) is 19.4 Å². The highest BCUT2D eigenvalue weighted by Crippen LogP contribution is 2.29. The predicted molar refractivity (Wildman–Crippen MR) is 93.1 cm³/mol. The van der Waals surface area contributed by atoms with E-state index in [4.69, 9.17) is 34.8 Å². The minimum atomic E-state index is -0.342. The Balaban J connectivity index is 2.06. The van der Waals surface area contributed by atoms with Crippen LogP contribution in [0.3, 0.4) is 0 Å². The fourth-order valence-corrected chi connectivity index (χ4v) is 2.51. The van der Waals surface area contributed by atoms with E-state index in [1.165, 1.54) is 0 Å². The van der Waals surface area contributed by atoms with Gasteiger partial charge in [0.1, 0.15) is 0 Å². The van der Waals surface area contributed by atoms with Crippen molar-refractivity contribution in [2.75, 3.05) is 5.32 Å². The number of carbonyl (C=O) groups excluding carboxylic acids is 1. The zero-order chi connectivity index (χ0) is 16.1. The molecule has 0 saturated carbocycles. The van der Waals surface area contributed by atoms with E-state index in [-0.39, 0.29) is 12.1 Å². The van der Waals surface area contributed by atoms with Crippen LogP contribution in [0.4, 0.5) is 10.5 Å². The quantitative estimate of drug-likeness (QED) is 0.700. The van der Waals surface area contributed by atoms with Crippen LogP contribution in [0.15, 0.2) is 42.5 Å². The van der Waals surface area contributed by atoms with Gasteiger partial charge in [0.2, 0.25) is 0 Å². The van der Waals surface area contributed by atoms with Gasteiger partial charge >= 0.3 is 6.03 Å². The van der Waals surface area contributed by atoms with E-state index in [2.05, 4.69) is 10.6 Å². The number of urea groups is 1. The second-order valence-corrected chi connectivity index (χ2v) is 5.93. The molecule has 0 bridgehead atoms. The summed E-state index contributed by atoms with van der Waals surface area (Å²) in [5.74, 6) is 0. The molecule has 0 heterocycles. The fourth-order valence-electron chi connectivity index (χ4n) is 2.03. The summed E-state index contributed by atoms with van der Waals surface area (Å²) < 4.78 is 0. The van der Waals surface area contributed by atoms with Gasteiger partial charge < -0.3 is 10.6 Å². The molecular weight excluding hydrogens is 343 g/mol. The summed E-state index contributed by atoms with van der Waals surface area (Å²) in [7, 11) is 0. The smallest absolute Gasteiger partial charge is 0.319 e. The maximum absolute atomic E-state index is 12.1. The molecule has 1 unspecified atom stereocenters. The molecule has 3 nitrogen and oxygen atoms in total. The molecule has 0 aliphatic carbocycles. The van der Waals surface area contributed by atoms with Gasteiger partial charge in [0.05, 0.1) is 21.8 Å². The van der Waals surface area contributed by atoms with E-state index >= 15 is 0 Å². The van der Waals surface area contributed by atoms with Crippen molar-refractivity contribution in [3.05, 3.63) is 63.1 Å². The Hall–Kier alpha value is -1.42. The second kappa shape index (κ2) is 7.73. The van der Waals surface area contributed by atoms with Gasteiger partial charge in [-0.05, 0) is 36.2 Å². The van der Waals surface area contributed by atoms with Crippen LogP contribution in [0.1, 0.15) is 24.9 Å². The van der Waals surface area contributed by atoms with Gasteiger partial charge in [-0.15, -0.1) is 0 Å². The lowest BCUT2D eigenvalue weighted by Crippen LogP contribution is -2.32. The molecule has 22 heavy (non-hydrogen) atoms. The van der Waals surface area contributed by atoms with Crippen molar-refractivity contribution in [1.29, 1.82) is 0 Å². The zero-order valence-corrected chi connectivity index (χ0v) is 14.1. The van der Waals surface area contributed by atoms with Gasteiger partial charge in [0, 0.05) is 5.02 Å². The summed E-state index contributed by atoms with van der Waals surface area (Å²) in [6, 6.07) is 12.0. The zero-order valence-electron chi connectivity index (χ0n) is 11.9. The van der Waals surface area contributed by atoms with Crippen LogP contribution in [0.5, 0.6) is 0 Å². The van der Waals surface area contributed by atoms with Crippen molar-refractivity contribution in [1.82, 2.24) is 5.32 Å². The number of carbonyl (C=O) groups is 1. The molecule has 2 aromatic rings. The lowest BCUT2D eigenvalue weighted by atomic mass is 10.1. The molecular formula is C16H15Cl3N2O. The van der Waals surface area contributed by atoms with Crippen LogP contribution in [0.25, 0.3) is 0 Å². The maximum Gasteiger partial charge on any atom is 0.319 e. The van der Waals surface area contributed by atoms with E-state index in [0.29, 0.717) is 20.8 Å². The Morgan fingerprint density at radius 2 is 1.77 bits per heavy atom. The molecule has 1 atom stereocenters. The van der Waals surface area contributed by atoms with E-state index < -0.39 is 0 Å². The first kappa shape index (κ1) is 16.9. The number of nitrogens with one attached hydrogen (secondary N) is 2. The third-order valence-corrected chi connectivity index (χ3v) is 4.26. The average Bonchev–Trinajstić information content (AvgIpc) is 2.50. The van der Waals surface area contributed by atoms with Crippen molar-refractivity contribution in [3.8, 4) is 0 Å². The normalized spacial score (nSPS) is 11.8. The van der Waals surface area contributed by atoms with Gasteiger partial charge in [0.25, 0.3) is 0 Å². The Labute approximate surface area is 144 Å². The Morgan fingerprint density at radius 3 is 2.41 bits per heavy atom. The fraction of sp³-hybridized carbons (Fsp3) is 0.188. The largest absolute Gasteiger partial charge is 0.331 e. The number of hydrogen-bond donors (Lipinski definition) is 2. The molecule has 0 fully saturated rings. The van der Waals surface area contributed by atoms with Gasteiger partial charge in [-0.25, -0.2) is 4.79 Å². The molecule has 6 heteroatoms. The number of halogens is 3. The maximum atomic E-state index is 12.1. The first-order chi connectivity index (χ1) is 10.5. The van der Waals surface area contributed by atoms with E-state index in [1.807, 2.05) is 19.1 Å². The first-order valence-electron chi connectivity index (χ1n) is 6.78. The topological polar surface area (TPSA) is 41.1 Å². The van der Waals surface area contributed by atoms with Gasteiger partial charge in [0.15, 0.2) is 0 Å². The van der Waals surface area contributed by atoms with Crippen LogP contribution in [-0.4, -0.2) is 6.03 Å². The number of anilines is 1. The van der Waals surface area contributed by atoms with Crippen molar-refractivity contribution >= 4 is 46.5 Å². The highest BCUT2D eigenvalue weighted by Gasteiger charge is 2.14. The third kappa shape index (κ3) is 4.29. The minimum Gasteiger partial charge on any atom is -0.331 e. The Kier molecular flexibility index (Phi) is 5.95. The lowest BCUT2D eigenvalue weighted by molar-refractivity contribution is 0.248. The lowest BCUT2D eigenvalue weighted by Gasteiger charge is -2.18. The molecule has 116 valence electrons. The molecule has 0 aromatic heterocycles. The van der Waals surface area contributed by atoms with Crippen molar-refractivity contribution in [3.63, 3.8) is 0 Å². The summed E-state index contributed by atoms with van der Waals surface area (Å²) in [5.41, 5.74) is 1.46. The summed E-state index contributed by atoms with van der Waals surface area (Å²) in [4.78, 5) is 12.1. The Morgan fingerprint density at radius 1 is 1.09 bits per heavy atom. The SMILES string of the molecule is CCC(NC(=O)Nc1cccc(Cl)c1Cl)c1ccc(Cl)cc1. The van der Waals surface area contributed by atoms with Gasteiger partial charge in [-0.2, -0.15) is 0 Å².